The van der Waals surface area contributed by atoms with Crippen LogP contribution in [0.5, 0.6) is 11.5 Å². The number of nitrogens with zero attached hydrogens (tertiary/aromatic N) is 4. The zero-order valence-electron chi connectivity index (χ0n) is 23.6. The third kappa shape index (κ3) is 6.41. The first-order chi connectivity index (χ1) is 19.4. The highest BCUT2D eigenvalue weighted by molar-refractivity contribution is 7.09. The Hall–Kier alpha value is -3.59. The molecule has 8 nitrogen and oxygen atoms in total. The molecule has 2 aliphatic rings. The van der Waals surface area contributed by atoms with Crippen LogP contribution in [0.1, 0.15) is 52.3 Å². The Bertz CT molecular complexity index is 1330. The molecular weight excluding hydrogens is 524 g/mol. The normalized spacial score (nSPS) is 16.2. The lowest BCUT2D eigenvalue weighted by molar-refractivity contribution is -0.134. The molecule has 3 aromatic rings. The van der Waals surface area contributed by atoms with Gasteiger partial charge in [0.15, 0.2) is 6.61 Å². The molecule has 0 N–H and O–H groups in total. The van der Waals surface area contributed by atoms with Gasteiger partial charge in [0.25, 0.3) is 11.8 Å². The Labute approximate surface area is 240 Å². The van der Waals surface area contributed by atoms with E-state index in [1.165, 1.54) is 5.56 Å². The molecule has 9 heteroatoms. The quantitative estimate of drug-likeness (QED) is 0.389. The molecule has 2 fully saturated rings. The summed E-state index contributed by atoms with van der Waals surface area (Å²) in [6, 6.07) is 14.0. The van der Waals surface area contributed by atoms with Crippen molar-refractivity contribution in [3.63, 3.8) is 0 Å². The summed E-state index contributed by atoms with van der Waals surface area (Å²) in [5, 5.41) is 2.88. The molecule has 3 heterocycles. The molecule has 212 valence electrons. The minimum Gasteiger partial charge on any atom is -0.492 e. The van der Waals surface area contributed by atoms with E-state index >= 15 is 0 Å². The second-order valence-electron chi connectivity index (χ2n) is 10.4. The van der Waals surface area contributed by atoms with Gasteiger partial charge < -0.3 is 24.2 Å². The molecule has 2 saturated heterocycles. The van der Waals surface area contributed by atoms with E-state index in [2.05, 4.69) is 17.9 Å². The van der Waals surface area contributed by atoms with Gasteiger partial charge in [0.2, 0.25) is 0 Å². The third-order valence-corrected chi connectivity index (χ3v) is 8.86. The summed E-state index contributed by atoms with van der Waals surface area (Å²) < 4.78 is 11.5. The molecule has 2 aromatic carbocycles. The van der Waals surface area contributed by atoms with Crippen molar-refractivity contribution in [3.05, 3.63) is 69.7 Å². The lowest BCUT2D eigenvalue weighted by Gasteiger charge is -2.36. The summed E-state index contributed by atoms with van der Waals surface area (Å²) in [7, 11) is 0. The number of likely N-dealkylation sites (tertiary alicyclic amines) is 1. The molecule has 0 bridgehead atoms. The van der Waals surface area contributed by atoms with E-state index in [1.54, 1.807) is 11.3 Å². The third-order valence-electron chi connectivity index (χ3n) is 7.85. The number of piperidine rings is 1. The second kappa shape index (κ2) is 12.7. The molecule has 2 aliphatic heterocycles. The average Bonchev–Trinajstić information content (AvgIpc) is 3.48. The van der Waals surface area contributed by atoms with Gasteiger partial charge in [-0.15, -0.1) is 11.3 Å². The highest BCUT2D eigenvalue weighted by Gasteiger charge is 2.29. The molecular formula is C31H38N4O4S. The van der Waals surface area contributed by atoms with Crippen LogP contribution < -0.4 is 14.4 Å². The lowest BCUT2D eigenvalue weighted by atomic mass is 9.97. The number of hydrogen-bond acceptors (Lipinski definition) is 7. The summed E-state index contributed by atoms with van der Waals surface area (Å²) in [5.74, 6) is 1.88. The summed E-state index contributed by atoms with van der Waals surface area (Å²) >= 11 is 1.56. The highest BCUT2D eigenvalue weighted by Crippen LogP contribution is 2.32. The minimum atomic E-state index is -0.00338. The maximum atomic E-state index is 13.2. The van der Waals surface area contributed by atoms with E-state index in [9.17, 15) is 9.59 Å². The number of rotatable bonds is 8. The van der Waals surface area contributed by atoms with Crippen molar-refractivity contribution in [1.29, 1.82) is 0 Å². The second-order valence-corrected chi connectivity index (χ2v) is 11.3. The van der Waals surface area contributed by atoms with Gasteiger partial charge in [-0.1, -0.05) is 18.2 Å². The first-order valence-electron chi connectivity index (χ1n) is 14.1. The number of aryl methyl sites for hydroxylation is 2. The number of para-hydroxylation sites is 2. The van der Waals surface area contributed by atoms with Gasteiger partial charge in [-0.3, -0.25) is 9.59 Å². The number of ether oxygens (including phenoxy) is 2. The molecule has 40 heavy (non-hydrogen) atoms. The van der Waals surface area contributed by atoms with Crippen LogP contribution in [0.15, 0.2) is 47.8 Å². The van der Waals surface area contributed by atoms with Crippen molar-refractivity contribution in [2.75, 3.05) is 57.4 Å². The topological polar surface area (TPSA) is 75.2 Å². The first-order valence-corrected chi connectivity index (χ1v) is 15.0. The van der Waals surface area contributed by atoms with Crippen molar-refractivity contribution in [3.8, 4) is 11.5 Å². The van der Waals surface area contributed by atoms with Gasteiger partial charge in [-0.25, -0.2) is 4.98 Å². The van der Waals surface area contributed by atoms with Gasteiger partial charge in [-0.05, 0) is 69.0 Å². The smallest absolute Gasteiger partial charge is 0.273 e. The van der Waals surface area contributed by atoms with Gasteiger partial charge in [0.1, 0.15) is 17.2 Å². The maximum absolute atomic E-state index is 13.2. The number of carbonyl (C=O) groups excluding carboxylic acids is 2. The fourth-order valence-corrected chi connectivity index (χ4v) is 6.26. The fourth-order valence-electron chi connectivity index (χ4n) is 5.30. The van der Waals surface area contributed by atoms with Crippen LogP contribution >= 0.6 is 11.3 Å². The van der Waals surface area contributed by atoms with Crippen molar-refractivity contribution in [2.45, 2.75) is 39.5 Å². The van der Waals surface area contributed by atoms with Gasteiger partial charge >= 0.3 is 0 Å². The molecule has 0 unspecified atom stereocenters. The number of aromatic nitrogens is 1. The number of benzene rings is 2. The summed E-state index contributed by atoms with van der Waals surface area (Å²) in [4.78, 5) is 36.8. The van der Waals surface area contributed by atoms with Gasteiger partial charge in [-0.2, -0.15) is 0 Å². The van der Waals surface area contributed by atoms with Gasteiger partial charge in [0, 0.05) is 50.6 Å². The van der Waals surface area contributed by atoms with E-state index in [0.717, 1.165) is 53.7 Å². The Morgan fingerprint density at radius 2 is 1.68 bits per heavy atom. The molecule has 5 rings (SSSR count). The molecule has 0 aliphatic carbocycles. The standard InChI is InChI=1S/C31H38N4O4S/c1-4-38-28-8-6-5-7-27(28)33-15-17-35(18-16-33)31(37)26-21-40-30(32-26)24-11-13-34(14-12-24)29(36)20-39-25-10-9-22(2)23(3)19-25/h5-10,19,21,24H,4,11-18,20H2,1-3H3. The number of anilines is 1. The molecule has 2 amide bonds. The predicted octanol–water partition coefficient (Wildman–Crippen LogP) is 4.91. The molecule has 0 atom stereocenters. The maximum Gasteiger partial charge on any atom is 0.273 e. The van der Waals surface area contributed by atoms with Crippen molar-refractivity contribution >= 4 is 28.8 Å². The van der Waals surface area contributed by atoms with Crippen LogP contribution in [0.3, 0.4) is 0 Å². The number of carbonyl (C=O) groups is 2. The Kier molecular flexibility index (Phi) is 8.89. The Morgan fingerprint density at radius 3 is 2.40 bits per heavy atom. The monoisotopic (exact) mass is 562 g/mol. The summed E-state index contributed by atoms with van der Waals surface area (Å²) in [6.07, 6.45) is 1.68. The lowest BCUT2D eigenvalue weighted by Crippen LogP contribution is -2.49. The molecule has 0 spiro atoms. The van der Waals surface area contributed by atoms with Crippen molar-refractivity contribution in [1.82, 2.24) is 14.8 Å². The fraction of sp³-hybridized carbons (Fsp3) is 0.452. The average molecular weight is 563 g/mol. The number of amides is 2. The molecule has 1 aromatic heterocycles. The zero-order chi connectivity index (χ0) is 28.1. The summed E-state index contributed by atoms with van der Waals surface area (Å²) in [5.41, 5.74) is 3.96. The molecule has 0 radical (unpaired) electrons. The van der Waals surface area contributed by atoms with E-state index in [-0.39, 0.29) is 24.3 Å². The van der Waals surface area contributed by atoms with Crippen LogP contribution in [-0.2, 0) is 4.79 Å². The molecule has 0 saturated carbocycles. The zero-order valence-corrected chi connectivity index (χ0v) is 24.4. The SMILES string of the molecule is CCOc1ccccc1N1CCN(C(=O)c2csc(C3CCN(C(=O)COc4ccc(C)c(C)c4)CC3)n2)CC1. The number of hydrogen-bond donors (Lipinski definition) is 0. The Morgan fingerprint density at radius 1 is 0.925 bits per heavy atom. The van der Waals surface area contributed by atoms with Crippen LogP contribution in [-0.4, -0.2) is 79.1 Å². The number of piperazine rings is 1. The van der Waals surface area contributed by atoms with Crippen LogP contribution in [0.25, 0.3) is 0 Å². The van der Waals surface area contributed by atoms with E-state index in [4.69, 9.17) is 14.5 Å². The van der Waals surface area contributed by atoms with Gasteiger partial charge in [0.05, 0.1) is 17.3 Å². The van der Waals surface area contributed by atoms with Crippen LogP contribution in [0, 0.1) is 13.8 Å². The number of thiazole rings is 1. The van der Waals surface area contributed by atoms with Crippen molar-refractivity contribution < 1.29 is 19.1 Å². The van der Waals surface area contributed by atoms with E-state index in [1.807, 2.05) is 65.4 Å². The first kappa shape index (κ1) is 28.0. The minimum absolute atomic E-state index is 0.00338. The van der Waals surface area contributed by atoms with Crippen molar-refractivity contribution in [2.24, 2.45) is 0 Å². The summed E-state index contributed by atoms with van der Waals surface area (Å²) in [6.45, 7) is 10.9. The largest absolute Gasteiger partial charge is 0.492 e. The predicted molar refractivity (Wildman–Crippen MR) is 158 cm³/mol. The van der Waals surface area contributed by atoms with E-state index in [0.29, 0.717) is 38.5 Å². The highest BCUT2D eigenvalue weighted by atomic mass is 32.1. The van der Waals surface area contributed by atoms with Crippen LogP contribution in [0.2, 0.25) is 0 Å². The van der Waals surface area contributed by atoms with E-state index < -0.39 is 0 Å². The Balaban J connectivity index is 1.09. The van der Waals surface area contributed by atoms with Crippen LogP contribution in [0.4, 0.5) is 5.69 Å².